The van der Waals surface area contributed by atoms with Gasteiger partial charge < -0.3 is 25.6 Å². The summed E-state index contributed by atoms with van der Waals surface area (Å²) in [6.45, 7) is 3.77. The zero-order chi connectivity index (χ0) is 14.8. The number of nitrogens with two attached hydrogens (primary N) is 1. The van der Waals surface area contributed by atoms with E-state index in [1.54, 1.807) is 7.11 Å². The van der Waals surface area contributed by atoms with Crippen molar-refractivity contribution >= 4 is 5.69 Å². The molecule has 114 valence electrons. The van der Waals surface area contributed by atoms with Crippen LogP contribution in [0.3, 0.4) is 0 Å². The lowest BCUT2D eigenvalue weighted by molar-refractivity contribution is 0.182. The molecule has 0 aliphatic carbocycles. The Balaban J connectivity index is 2.73. The van der Waals surface area contributed by atoms with Crippen molar-refractivity contribution < 1.29 is 14.6 Å². The maximum absolute atomic E-state index is 9.40. The highest BCUT2D eigenvalue weighted by Gasteiger charge is 2.10. The SMILES string of the molecule is CCOc1ccc(NC(CCCN)COC)cc1CO. The molecule has 0 aliphatic rings. The molecule has 1 atom stereocenters. The number of hydrogen-bond donors (Lipinski definition) is 3. The van der Waals surface area contributed by atoms with Crippen molar-refractivity contribution in [2.45, 2.75) is 32.4 Å². The molecule has 0 radical (unpaired) electrons. The third-order valence-electron chi connectivity index (χ3n) is 3.03. The van der Waals surface area contributed by atoms with E-state index in [-0.39, 0.29) is 12.6 Å². The number of hydrogen-bond acceptors (Lipinski definition) is 5. The fourth-order valence-electron chi connectivity index (χ4n) is 2.09. The molecule has 0 amide bonds. The third-order valence-corrected chi connectivity index (χ3v) is 3.03. The lowest BCUT2D eigenvalue weighted by Crippen LogP contribution is -2.25. The summed E-state index contributed by atoms with van der Waals surface area (Å²) in [7, 11) is 1.69. The van der Waals surface area contributed by atoms with Crippen LogP contribution in [0.4, 0.5) is 5.69 Å². The van der Waals surface area contributed by atoms with Crippen molar-refractivity contribution in [2.24, 2.45) is 5.73 Å². The number of aliphatic hydroxyl groups excluding tert-OH is 1. The smallest absolute Gasteiger partial charge is 0.124 e. The van der Waals surface area contributed by atoms with Gasteiger partial charge in [0.25, 0.3) is 0 Å². The number of rotatable bonds is 10. The van der Waals surface area contributed by atoms with E-state index in [4.69, 9.17) is 15.2 Å². The molecule has 0 saturated carbocycles. The first kappa shape index (κ1) is 16.8. The van der Waals surface area contributed by atoms with Crippen LogP contribution in [0.1, 0.15) is 25.3 Å². The van der Waals surface area contributed by atoms with Crippen LogP contribution in [-0.4, -0.2) is 38.0 Å². The molecule has 0 heterocycles. The van der Waals surface area contributed by atoms with E-state index in [0.29, 0.717) is 19.8 Å². The summed E-state index contributed by atoms with van der Waals surface area (Å²) in [5.41, 5.74) is 7.29. The maximum atomic E-state index is 9.40. The minimum Gasteiger partial charge on any atom is -0.494 e. The molecule has 4 N–H and O–H groups in total. The van der Waals surface area contributed by atoms with Gasteiger partial charge in [0.2, 0.25) is 0 Å². The predicted octanol–water partition coefficient (Wildman–Crippen LogP) is 1.74. The van der Waals surface area contributed by atoms with Gasteiger partial charge in [-0.15, -0.1) is 0 Å². The minimum absolute atomic E-state index is 0.0391. The number of methoxy groups -OCH3 is 1. The van der Waals surface area contributed by atoms with Gasteiger partial charge in [0.15, 0.2) is 0 Å². The standard InChI is InChI=1S/C15H26N2O3/c1-3-20-15-7-6-13(9-12(15)10-18)17-14(11-19-2)5-4-8-16/h6-7,9,14,17-18H,3-5,8,10-11,16H2,1-2H3. The van der Waals surface area contributed by atoms with Gasteiger partial charge in [-0.25, -0.2) is 0 Å². The van der Waals surface area contributed by atoms with Crippen LogP contribution < -0.4 is 15.8 Å². The Morgan fingerprint density at radius 3 is 2.80 bits per heavy atom. The van der Waals surface area contributed by atoms with Gasteiger partial charge in [-0.1, -0.05) is 0 Å². The normalized spacial score (nSPS) is 12.2. The monoisotopic (exact) mass is 282 g/mol. The first-order valence-electron chi connectivity index (χ1n) is 7.07. The minimum atomic E-state index is -0.0391. The molecule has 0 spiro atoms. The highest BCUT2D eigenvalue weighted by molar-refractivity contribution is 5.51. The average molecular weight is 282 g/mol. The fourth-order valence-corrected chi connectivity index (χ4v) is 2.09. The zero-order valence-corrected chi connectivity index (χ0v) is 12.4. The Bertz CT molecular complexity index is 385. The Kier molecular flexibility index (Phi) is 8.02. The van der Waals surface area contributed by atoms with Crippen molar-refractivity contribution in [3.8, 4) is 5.75 Å². The summed E-state index contributed by atoms with van der Waals surface area (Å²) < 4.78 is 10.7. The second-order valence-corrected chi connectivity index (χ2v) is 4.64. The summed E-state index contributed by atoms with van der Waals surface area (Å²) >= 11 is 0. The first-order valence-corrected chi connectivity index (χ1v) is 7.07. The van der Waals surface area contributed by atoms with Gasteiger partial charge in [-0.2, -0.15) is 0 Å². The molecule has 1 aromatic rings. The van der Waals surface area contributed by atoms with Crippen LogP contribution in [0.15, 0.2) is 18.2 Å². The number of ether oxygens (including phenoxy) is 2. The summed E-state index contributed by atoms with van der Waals surface area (Å²) in [6, 6.07) is 5.96. The van der Waals surface area contributed by atoms with Gasteiger partial charge in [0.05, 0.1) is 19.8 Å². The molecule has 20 heavy (non-hydrogen) atoms. The average Bonchev–Trinajstić information content (AvgIpc) is 2.46. The maximum Gasteiger partial charge on any atom is 0.124 e. The van der Waals surface area contributed by atoms with E-state index in [2.05, 4.69) is 5.32 Å². The van der Waals surface area contributed by atoms with Crippen LogP contribution in [0.25, 0.3) is 0 Å². The molecule has 1 unspecified atom stereocenters. The van der Waals surface area contributed by atoms with Crippen molar-refractivity contribution in [3.63, 3.8) is 0 Å². The molecule has 0 saturated heterocycles. The number of anilines is 1. The molecule has 5 heteroatoms. The number of benzene rings is 1. The number of nitrogens with one attached hydrogen (secondary N) is 1. The lowest BCUT2D eigenvalue weighted by Gasteiger charge is -2.20. The molecule has 1 rings (SSSR count). The fraction of sp³-hybridized carbons (Fsp3) is 0.600. The molecule has 0 aromatic heterocycles. The van der Waals surface area contributed by atoms with Gasteiger partial charge in [0, 0.05) is 24.4 Å². The van der Waals surface area contributed by atoms with Crippen molar-refractivity contribution in [1.82, 2.24) is 0 Å². The van der Waals surface area contributed by atoms with Crippen molar-refractivity contribution in [3.05, 3.63) is 23.8 Å². The topological polar surface area (TPSA) is 76.7 Å². The quantitative estimate of drug-likeness (QED) is 0.609. The predicted molar refractivity (Wildman–Crippen MR) is 81.1 cm³/mol. The van der Waals surface area contributed by atoms with E-state index in [1.165, 1.54) is 0 Å². The van der Waals surface area contributed by atoms with Gasteiger partial charge in [-0.05, 0) is 44.5 Å². The van der Waals surface area contributed by atoms with Crippen LogP contribution in [0.2, 0.25) is 0 Å². The molecule has 5 nitrogen and oxygen atoms in total. The second kappa shape index (κ2) is 9.58. The number of aliphatic hydroxyl groups is 1. The van der Waals surface area contributed by atoms with Crippen LogP contribution >= 0.6 is 0 Å². The van der Waals surface area contributed by atoms with Crippen molar-refractivity contribution in [2.75, 3.05) is 32.2 Å². The van der Waals surface area contributed by atoms with E-state index in [9.17, 15) is 5.11 Å². The molecule has 0 bridgehead atoms. The van der Waals surface area contributed by atoms with Gasteiger partial charge >= 0.3 is 0 Å². The van der Waals surface area contributed by atoms with Gasteiger partial charge in [0.1, 0.15) is 5.75 Å². The Morgan fingerprint density at radius 2 is 2.20 bits per heavy atom. The second-order valence-electron chi connectivity index (χ2n) is 4.64. The lowest BCUT2D eigenvalue weighted by atomic mass is 10.1. The third kappa shape index (κ3) is 5.36. The summed E-state index contributed by atoms with van der Waals surface area (Å²) in [4.78, 5) is 0. The first-order chi connectivity index (χ1) is 9.74. The van der Waals surface area contributed by atoms with Crippen LogP contribution in [0, 0.1) is 0 Å². The molecule has 1 aromatic carbocycles. The Hall–Kier alpha value is -1.30. The van der Waals surface area contributed by atoms with Crippen molar-refractivity contribution in [1.29, 1.82) is 0 Å². The molecular formula is C15H26N2O3. The molecule has 0 fully saturated rings. The molecule has 0 aliphatic heterocycles. The zero-order valence-electron chi connectivity index (χ0n) is 12.4. The van der Waals surface area contributed by atoms with Crippen LogP contribution in [-0.2, 0) is 11.3 Å². The molecular weight excluding hydrogens is 256 g/mol. The largest absolute Gasteiger partial charge is 0.494 e. The summed E-state index contributed by atoms with van der Waals surface area (Å²) in [6.07, 6.45) is 1.90. The summed E-state index contributed by atoms with van der Waals surface area (Å²) in [5, 5.41) is 12.8. The summed E-state index contributed by atoms with van der Waals surface area (Å²) in [5.74, 6) is 0.728. The van der Waals surface area contributed by atoms with Crippen LogP contribution in [0.5, 0.6) is 5.75 Å². The Morgan fingerprint density at radius 1 is 1.40 bits per heavy atom. The Labute approximate surface area is 121 Å². The van der Waals surface area contributed by atoms with E-state index < -0.39 is 0 Å². The highest BCUT2D eigenvalue weighted by atomic mass is 16.5. The van der Waals surface area contributed by atoms with E-state index in [0.717, 1.165) is 29.8 Å². The highest BCUT2D eigenvalue weighted by Crippen LogP contribution is 2.24. The van der Waals surface area contributed by atoms with E-state index in [1.807, 2.05) is 25.1 Å². The van der Waals surface area contributed by atoms with E-state index >= 15 is 0 Å². The van der Waals surface area contributed by atoms with Gasteiger partial charge in [-0.3, -0.25) is 0 Å².